The summed E-state index contributed by atoms with van der Waals surface area (Å²) in [5.74, 6) is 3.40. The van der Waals surface area contributed by atoms with Gasteiger partial charge < -0.3 is 4.74 Å². The maximum absolute atomic E-state index is 6.03. The van der Waals surface area contributed by atoms with Crippen LogP contribution < -0.4 is 0 Å². The van der Waals surface area contributed by atoms with Gasteiger partial charge in [-0.2, -0.15) is 0 Å². The van der Waals surface area contributed by atoms with Gasteiger partial charge in [0, 0.05) is 18.4 Å². The first-order valence-electron chi connectivity index (χ1n) is 9.50. The monoisotopic (exact) mass is 293 g/mol. The van der Waals surface area contributed by atoms with E-state index in [1.807, 2.05) is 0 Å². The summed E-state index contributed by atoms with van der Waals surface area (Å²) in [5.41, 5.74) is 0. The van der Waals surface area contributed by atoms with Crippen LogP contribution in [0.3, 0.4) is 0 Å². The van der Waals surface area contributed by atoms with Gasteiger partial charge in [0.25, 0.3) is 0 Å². The third-order valence-electron chi connectivity index (χ3n) is 5.33. The van der Waals surface area contributed by atoms with E-state index in [0.29, 0.717) is 11.8 Å². The quantitative estimate of drug-likeness (QED) is 0.533. The average molecular weight is 293 g/mol. The first kappa shape index (κ1) is 16.8. The van der Waals surface area contributed by atoms with Crippen LogP contribution in [0.25, 0.3) is 0 Å². The molecule has 1 aliphatic heterocycles. The number of unbranched alkanes of at least 4 members (excludes halogenated alkanes) is 3. The van der Waals surface area contributed by atoms with Crippen LogP contribution in [-0.2, 0) is 4.74 Å². The van der Waals surface area contributed by atoms with Gasteiger partial charge in [-0.15, -0.1) is 0 Å². The highest BCUT2D eigenvalue weighted by Crippen LogP contribution is 2.33. The van der Waals surface area contributed by atoms with Gasteiger partial charge in [-0.05, 0) is 38.0 Å². The van der Waals surface area contributed by atoms with Gasteiger partial charge in [-0.1, -0.05) is 52.4 Å². The highest BCUT2D eigenvalue weighted by atomic mass is 16.5. The van der Waals surface area contributed by atoms with Gasteiger partial charge in [0.2, 0.25) is 0 Å². The van der Waals surface area contributed by atoms with E-state index in [1.165, 1.54) is 70.6 Å². The van der Waals surface area contributed by atoms with Crippen molar-refractivity contribution >= 4 is 5.90 Å². The van der Waals surface area contributed by atoms with Crippen molar-refractivity contribution in [2.75, 3.05) is 13.2 Å². The van der Waals surface area contributed by atoms with Gasteiger partial charge in [-0.3, -0.25) is 4.99 Å². The van der Waals surface area contributed by atoms with Crippen molar-refractivity contribution in [3.63, 3.8) is 0 Å². The zero-order chi connectivity index (χ0) is 14.9. The molecule has 1 aliphatic carbocycles. The Morgan fingerprint density at radius 3 is 2.33 bits per heavy atom. The molecule has 21 heavy (non-hydrogen) atoms. The van der Waals surface area contributed by atoms with E-state index in [0.717, 1.165) is 25.0 Å². The topological polar surface area (TPSA) is 21.6 Å². The molecule has 0 aromatic carbocycles. The number of ether oxygens (including phenoxy) is 1. The second-order valence-electron chi connectivity index (χ2n) is 7.21. The minimum atomic E-state index is 0.638. The molecule has 2 nitrogen and oxygen atoms in total. The Kier molecular flexibility index (Phi) is 7.60. The standard InChI is InChI=1S/C19H35NO/c1-3-5-6-7-9-17-14-20-19(21-15-17)18-12-10-16(8-4-2)11-13-18/h16-18H,3-15H2,1-2H3. The third-order valence-corrected chi connectivity index (χ3v) is 5.33. The molecule has 2 rings (SSSR count). The van der Waals surface area contributed by atoms with Crippen LogP contribution in [0.2, 0.25) is 0 Å². The van der Waals surface area contributed by atoms with Crippen LogP contribution in [0.5, 0.6) is 0 Å². The lowest BCUT2D eigenvalue weighted by Gasteiger charge is -2.31. The van der Waals surface area contributed by atoms with Gasteiger partial charge in [0.1, 0.15) is 0 Å². The number of nitrogens with zero attached hydrogens (tertiary/aromatic N) is 1. The van der Waals surface area contributed by atoms with Crippen LogP contribution in [0.15, 0.2) is 4.99 Å². The molecule has 0 saturated heterocycles. The highest BCUT2D eigenvalue weighted by Gasteiger charge is 2.28. The summed E-state index contributed by atoms with van der Waals surface area (Å²) in [4.78, 5) is 4.80. The molecule has 0 aromatic heterocycles. The fourth-order valence-corrected chi connectivity index (χ4v) is 3.91. The minimum absolute atomic E-state index is 0.638. The van der Waals surface area contributed by atoms with Crippen molar-refractivity contribution in [1.29, 1.82) is 0 Å². The van der Waals surface area contributed by atoms with Crippen LogP contribution in [0.1, 0.15) is 84.5 Å². The van der Waals surface area contributed by atoms with E-state index in [9.17, 15) is 0 Å². The molecular weight excluding hydrogens is 258 g/mol. The maximum atomic E-state index is 6.03. The van der Waals surface area contributed by atoms with Crippen LogP contribution >= 0.6 is 0 Å². The summed E-state index contributed by atoms with van der Waals surface area (Å²) in [5, 5.41) is 0. The highest BCUT2D eigenvalue weighted by molar-refractivity contribution is 5.79. The lowest BCUT2D eigenvalue weighted by atomic mass is 9.80. The van der Waals surface area contributed by atoms with Crippen LogP contribution in [0, 0.1) is 17.8 Å². The van der Waals surface area contributed by atoms with Gasteiger partial charge >= 0.3 is 0 Å². The van der Waals surface area contributed by atoms with E-state index in [1.54, 1.807) is 0 Å². The molecule has 122 valence electrons. The Bertz CT molecular complexity index is 305. The molecule has 0 spiro atoms. The fraction of sp³-hybridized carbons (Fsp3) is 0.947. The molecule has 0 radical (unpaired) electrons. The van der Waals surface area contributed by atoms with E-state index < -0.39 is 0 Å². The summed E-state index contributed by atoms with van der Waals surface area (Å²) >= 11 is 0. The third kappa shape index (κ3) is 5.64. The van der Waals surface area contributed by atoms with Crippen molar-refractivity contribution in [2.24, 2.45) is 22.7 Å². The zero-order valence-electron chi connectivity index (χ0n) is 14.3. The van der Waals surface area contributed by atoms with Gasteiger partial charge in [0.15, 0.2) is 5.90 Å². The Balaban J connectivity index is 1.66. The van der Waals surface area contributed by atoms with Crippen molar-refractivity contribution in [3.8, 4) is 0 Å². The van der Waals surface area contributed by atoms with Crippen molar-refractivity contribution in [3.05, 3.63) is 0 Å². The number of aliphatic imine (C=N–C) groups is 1. The lowest BCUT2D eigenvalue weighted by molar-refractivity contribution is 0.179. The van der Waals surface area contributed by atoms with Crippen molar-refractivity contribution < 1.29 is 4.74 Å². The number of hydrogen-bond acceptors (Lipinski definition) is 2. The lowest BCUT2D eigenvalue weighted by Crippen LogP contribution is -2.30. The minimum Gasteiger partial charge on any atom is -0.480 e. The number of rotatable bonds is 8. The van der Waals surface area contributed by atoms with Gasteiger partial charge in [0.05, 0.1) is 6.61 Å². The second-order valence-corrected chi connectivity index (χ2v) is 7.21. The van der Waals surface area contributed by atoms with E-state index >= 15 is 0 Å². The summed E-state index contributed by atoms with van der Waals surface area (Å²) in [7, 11) is 0. The molecule has 0 N–H and O–H groups in total. The summed E-state index contributed by atoms with van der Waals surface area (Å²) < 4.78 is 6.03. The van der Waals surface area contributed by atoms with Crippen molar-refractivity contribution in [1.82, 2.24) is 0 Å². The Morgan fingerprint density at radius 2 is 1.71 bits per heavy atom. The van der Waals surface area contributed by atoms with E-state index in [2.05, 4.69) is 13.8 Å². The van der Waals surface area contributed by atoms with Crippen molar-refractivity contribution in [2.45, 2.75) is 84.5 Å². The largest absolute Gasteiger partial charge is 0.480 e. The summed E-state index contributed by atoms with van der Waals surface area (Å²) in [6.45, 7) is 6.53. The van der Waals surface area contributed by atoms with Gasteiger partial charge in [-0.25, -0.2) is 0 Å². The summed E-state index contributed by atoms with van der Waals surface area (Å²) in [6, 6.07) is 0. The molecule has 1 atom stereocenters. The first-order chi connectivity index (χ1) is 10.3. The maximum Gasteiger partial charge on any atom is 0.186 e. The molecule has 2 heteroatoms. The molecule has 1 heterocycles. The average Bonchev–Trinajstić information content (AvgIpc) is 2.53. The Hall–Kier alpha value is -0.530. The van der Waals surface area contributed by atoms with Crippen LogP contribution in [-0.4, -0.2) is 19.0 Å². The normalized spacial score (nSPS) is 29.8. The molecular formula is C19H35NO. The zero-order valence-corrected chi connectivity index (χ0v) is 14.3. The summed E-state index contributed by atoms with van der Waals surface area (Å²) in [6.07, 6.45) is 14.9. The smallest absolute Gasteiger partial charge is 0.186 e. The first-order valence-corrected chi connectivity index (χ1v) is 9.50. The predicted molar refractivity (Wildman–Crippen MR) is 90.9 cm³/mol. The second kappa shape index (κ2) is 9.48. The predicted octanol–water partition coefficient (Wildman–Crippen LogP) is 5.61. The van der Waals surface area contributed by atoms with E-state index in [-0.39, 0.29) is 0 Å². The molecule has 1 saturated carbocycles. The SMILES string of the molecule is CCCCCCC1CN=C(C2CCC(CCC)CC2)OC1. The molecule has 0 bridgehead atoms. The Morgan fingerprint density at radius 1 is 0.905 bits per heavy atom. The number of hydrogen-bond donors (Lipinski definition) is 0. The fourth-order valence-electron chi connectivity index (χ4n) is 3.91. The van der Waals surface area contributed by atoms with Crippen LogP contribution in [0.4, 0.5) is 0 Å². The molecule has 0 aromatic rings. The van der Waals surface area contributed by atoms with E-state index in [4.69, 9.17) is 9.73 Å². The Labute approximate surface area is 131 Å². The molecule has 1 unspecified atom stereocenters. The molecule has 2 aliphatic rings. The molecule has 0 amide bonds. The molecule has 1 fully saturated rings.